The molecule has 0 saturated heterocycles. The average Bonchev–Trinajstić information content (AvgIpc) is 3.43. The van der Waals surface area contributed by atoms with Gasteiger partial charge < -0.3 is 15.2 Å². The van der Waals surface area contributed by atoms with E-state index in [1.807, 2.05) is 18.2 Å². The van der Waals surface area contributed by atoms with Crippen LogP contribution in [0.25, 0.3) is 0 Å². The number of hydrogen-bond acceptors (Lipinski definition) is 4. The summed E-state index contributed by atoms with van der Waals surface area (Å²) in [5, 5.41) is 21.6. The second-order valence-corrected chi connectivity index (χ2v) is 8.31. The molecule has 140 valence electrons. The van der Waals surface area contributed by atoms with Crippen molar-refractivity contribution in [3.8, 4) is 11.8 Å². The molecule has 7 heteroatoms. The molecule has 0 atom stereocenters. The van der Waals surface area contributed by atoms with Gasteiger partial charge in [0.05, 0.1) is 27.0 Å². The van der Waals surface area contributed by atoms with Crippen LogP contribution in [0.5, 0.6) is 5.75 Å². The Hall–Kier alpha value is -2.04. The summed E-state index contributed by atoms with van der Waals surface area (Å²) in [5.74, 6) is 0.452. The standard InChI is InChI=1S/C20H18Br2N2O3/c21-17-6-13(8-19(25)26)7-18(22)20(17)27-11-15-3-14(9-23)4-16(5-15)24-10-12-1-2-12/h3-7,12,24H,1-2,8,10-11H2,(H,25,26). The fourth-order valence-corrected chi connectivity index (χ4v) is 4.22. The first-order valence-corrected chi connectivity index (χ1v) is 10.1. The zero-order chi connectivity index (χ0) is 19.4. The summed E-state index contributed by atoms with van der Waals surface area (Å²) in [6.07, 6.45) is 2.47. The quantitative estimate of drug-likeness (QED) is 0.533. The molecule has 0 radical (unpaired) electrons. The number of carboxylic acids is 1. The summed E-state index contributed by atoms with van der Waals surface area (Å²) >= 11 is 6.88. The van der Waals surface area contributed by atoms with Crippen LogP contribution in [0.2, 0.25) is 0 Å². The van der Waals surface area contributed by atoms with Crippen LogP contribution in [-0.2, 0) is 17.8 Å². The minimum Gasteiger partial charge on any atom is -0.487 e. The van der Waals surface area contributed by atoms with Crippen LogP contribution in [0.1, 0.15) is 29.5 Å². The molecular formula is C20H18Br2N2O3. The number of halogens is 2. The fraction of sp³-hybridized carbons (Fsp3) is 0.300. The molecule has 2 aromatic rings. The van der Waals surface area contributed by atoms with E-state index in [-0.39, 0.29) is 6.42 Å². The van der Waals surface area contributed by atoms with Gasteiger partial charge in [0, 0.05) is 12.2 Å². The topological polar surface area (TPSA) is 82.3 Å². The van der Waals surface area contributed by atoms with Crippen molar-refractivity contribution in [3.63, 3.8) is 0 Å². The molecule has 3 rings (SSSR count). The Kier molecular flexibility index (Phi) is 6.40. The minimum absolute atomic E-state index is 0.0578. The summed E-state index contributed by atoms with van der Waals surface area (Å²) in [4.78, 5) is 10.9. The van der Waals surface area contributed by atoms with Crippen LogP contribution in [0.4, 0.5) is 5.69 Å². The Morgan fingerprint density at radius 2 is 1.89 bits per heavy atom. The van der Waals surface area contributed by atoms with Gasteiger partial charge in [-0.3, -0.25) is 4.79 Å². The molecule has 27 heavy (non-hydrogen) atoms. The zero-order valence-electron chi connectivity index (χ0n) is 14.5. The van der Waals surface area contributed by atoms with E-state index < -0.39 is 5.97 Å². The van der Waals surface area contributed by atoms with Crippen molar-refractivity contribution >= 4 is 43.5 Å². The van der Waals surface area contributed by atoms with Crippen LogP contribution in [0, 0.1) is 17.2 Å². The maximum atomic E-state index is 10.9. The molecule has 1 aliphatic rings. The molecule has 0 spiro atoms. The Labute approximate surface area is 174 Å². The maximum Gasteiger partial charge on any atom is 0.307 e. The molecule has 0 amide bonds. The number of hydrogen-bond donors (Lipinski definition) is 2. The average molecular weight is 494 g/mol. The van der Waals surface area contributed by atoms with Crippen LogP contribution in [0.15, 0.2) is 39.3 Å². The zero-order valence-corrected chi connectivity index (χ0v) is 17.6. The molecule has 2 N–H and O–H groups in total. The number of nitrogens with zero attached hydrogens (tertiary/aromatic N) is 1. The summed E-state index contributed by atoms with van der Waals surface area (Å²) in [6, 6.07) is 11.3. The van der Waals surface area contributed by atoms with Crippen molar-refractivity contribution in [2.24, 2.45) is 5.92 Å². The van der Waals surface area contributed by atoms with Crippen LogP contribution in [-0.4, -0.2) is 17.6 Å². The van der Waals surface area contributed by atoms with Crippen LogP contribution >= 0.6 is 31.9 Å². The molecule has 2 aromatic carbocycles. The number of benzene rings is 2. The molecule has 5 nitrogen and oxygen atoms in total. The first-order chi connectivity index (χ1) is 12.9. The third-order valence-electron chi connectivity index (χ3n) is 4.21. The van der Waals surface area contributed by atoms with Crippen LogP contribution < -0.4 is 10.1 Å². The molecule has 0 unspecified atom stereocenters. The summed E-state index contributed by atoms with van der Waals surface area (Å²) in [7, 11) is 0. The summed E-state index contributed by atoms with van der Waals surface area (Å²) in [5.41, 5.74) is 3.08. The highest BCUT2D eigenvalue weighted by molar-refractivity contribution is 9.11. The molecule has 1 aliphatic carbocycles. The van der Waals surface area contributed by atoms with Crippen molar-refractivity contribution in [1.82, 2.24) is 0 Å². The van der Waals surface area contributed by atoms with E-state index in [2.05, 4.69) is 43.2 Å². The van der Waals surface area contributed by atoms with E-state index in [4.69, 9.17) is 9.84 Å². The van der Waals surface area contributed by atoms with Gasteiger partial charge >= 0.3 is 5.97 Å². The third kappa shape index (κ3) is 5.72. The second kappa shape index (κ2) is 8.77. The molecule has 0 heterocycles. The number of ether oxygens (including phenoxy) is 1. The van der Waals surface area contributed by atoms with Gasteiger partial charge in [-0.15, -0.1) is 0 Å². The molecule has 1 fully saturated rings. The highest BCUT2D eigenvalue weighted by atomic mass is 79.9. The van der Waals surface area contributed by atoms with Crippen molar-refractivity contribution in [2.75, 3.05) is 11.9 Å². The monoisotopic (exact) mass is 492 g/mol. The summed E-state index contributed by atoms with van der Waals surface area (Å²) < 4.78 is 7.28. The second-order valence-electron chi connectivity index (χ2n) is 6.60. The molecule has 1 saturated carbocycles. The van der Waals surface area contributed by atoms with Gasteiger partial charge in [0.2, 0.25) is 0 Å². The van der Waals surface area contributed by atoms with E-state index in [9.17, 15) is 10.1 Å². The number of nitrogens with one attached hydrogen (secondary N) is 1. The Bertz CT molecular complexity index is 882. The smallest absolute Gasteiger partial charge is 0.307 e. The number of anilines is 1. The van der Waals surface area contributed by atoms with Gasteiger partial charge in [0.1, 0.15) is 12.4 Å². The lowest BCUT2D eigenvalue weighted by atomic mass is 10.1. The first kappa shape index (κ1) is 19.7. The van der Waals surface area contributed by atoms with Crippen molar-refractivity contribution < 1.29 is 14.6 Å². The fourth-order valence-electron chi connectivity index (χ4n) is 2.71. The lowest BCUT2D eigenvalue weighted by Gasteiger charge is -2.13. The SMILES string of the molecule is N#Cc1cc(COc2c(Br)cc(CC(=O)O)cc2Br)cc(NCC2CC2)c1. The molecule has 0 aliphatic heterocycles. The van der Waals surface area contributed by atoms with Gasteiger partial charge in [0.15, 0.2) is 0 Å². The van der Waals surface area contributed by atoms with E-state index in [1.54, 1.807) is 12.1 Å². The largest absolute Gasteiger partial charge is 0.487 e. The predicted molar refractivity (Wildman–Crippen MR) is 110 cm³/mol. The third-order valence-corrected chi connectivity index (χ3v) is 5.39. The molecular weight excluding hydrogens is 476 g/mol. The van der Waals surface area contributed by atoms with Crippen LogP contribution in [0.3, 0.4) is 0 Å². The van der Waals surface area contributed by atoms with Gasteiger partial charge in [-0.2, -0.15) is 5.26 Å². The first-order valence-electron chi connectivity index (χ1n) is 8.55. The lowest BCUT2D eigenvalue weighted by molar-refractivity contribution is -0.136. The van der Waals surface area contributed by atoms with Gasteiger partial charge in [-0.25, -0.2) is 0 Å². The summed E-state index contributed by atoms with van der Waals surface area (Å²) in [6.45, 7) is 1.22. The van der Waals surface area contributed by atoms with Gasteiger partial charge in [-0.1, -0.05) is 0 Å². The van der Waals surface area contributed by atoms with Crippen molar-refractivity contribution in [3.05, 3.63) is 56.0 Å². The number of rotatable bonds is 8. The normalized spacial score (nSPS) is 13.1. The number of carbonyl (C=O) groups is 1. The molecule has 0 aromatic heterocycles. The van der Waals surface area contributed by atoms with Crippen molar-refractivity contribution in [2.45, 2.75) is 25.9 Å². The predicted octanol–water partition coefficient (Wildman–Crippen LogP) is 5.11. The number of aliphatic carboxylic acids is 1. The Morgan fingerprint density at radius 3 is 2.48 bits per heavy atom. The minimum atomic E-state index is -0.887. The lowest BCUT2D eigenvalue weighted by Crippen LogP contribution is -2.05. The van der Waals surface area contributed by atoms with E-state index in [1.165, 1.54) is 12.8 Å². The number of nitriles is 1. The molecule has 0 bridgehead atoms. The van der Waals surface area contributed by atoms with Crippen molar-refractivity contribution in [1.29, 1.82) is 5.26 Å². The Morgan fingerprint density at radius 1 is 1.19 bits per heavy atom. The van der Waals surface area contributed by atoms with E-state index in [0.717, 1.165) is 23.7 Å². The highest BCUT2D eigenvalue weighted by Gasteiger charge is 2.20. The maximum absolute atomic E-state index is 10.9. The Balaban J connectivity index is 1.72. The highest BCUT2D eigenvalue weighted by Crippen LogP contribution is 2.36. The number of carboxylic acid groups (broad SMARTS) is 1. The van der Waals surface area contributed by atoms with E-state index in [0.29, 0.717) is 32.4 Å². The van der Waals surface area contributed by atoms with E-state index >= 15 is 0 Å². The van der Waals surface area contributed by atoms with Gasteiger partial charge in [-0.05, 0) is 92.1 Å². The van der Waals surface area contributed by atoms with Gasteiger partial charge in [0.25, 0.3) is 0 Å².